The molecule has 0 bridgehead atoms. The van der Waals surface area contributed by atoms with Crippen LogP contribution in [0.5, 0.6) is 5.75 Å². The van der Waals surface area contributed by atoms with E-state index in [0.717, 1.165) is 18.0 Å². The fourth-order valence-corrected chi connectivity index (χ4v) is 1.85. The molecule has 0 radical (unpaired) electrons. The Morgan fingerprint density at radius 2 is 1.94 bits per heavy atom. The van der Waals surface area contributed by atoms with E-state index in [9.17, 15) is 0 Å². The standard InChI is InChI=1S/C14H17N3O/c1-17(10-11-5-7-16-8-6-11)14-4-3-12(18-2)9-13(14)15/h3-9H,10,15H2,1-2H3. The van der Waals surface area contributed by atoms with Gasteiger partial charge in [0.05, 0.1) is 18.5 Å². The second-order valence-electron chi connectivity index (χ2n) is 4.14. The SMILES string of the molecule is COc1ccc(N(C)Cc2ccncc2)c(N)c1. The Hall–Kier alpha value is -2.23. The van der Waals surface area contributed by atoms with Gasteiger partial charge in [-0.1, -0.05) is 0 Å². The van der Waals surface area contributed by atoms with E-state index >= 15 is 0 Å². The number of hydrogen-bond acceptors (Lipinski definition) is 4. The molecule has 2 N–H and O–H groups in total. The lowest BCUT2D eigenvalue weighted by molar-refractivity contribution is 0.415. The number of pyridine rings is 1. The van der Waals surface area contributed by atoms with Gasteiger partial charge in [-0.25, -0.2) is 0 Å². The van der Waals surface area contributed by atoms with Crippen LogP contribution in [0.25, 0.3) is 0 Å². The lowest BCUT2D eigenvalue weighted by Crippen LogP contribution is -2.17. The van der Waals surface area contributed by atoms with E-state index in [0.29, 0.717) is 5.69 Å². The number of hydrogen-bond donors (Lipinski definition) is 1. The Balaban J connectivity index is 2.16. The van der Waals surface area contributed by atoms with Gasteiger partial charge < -0.3 is 15.4 Å². The summed E-state index contributed by atoms with van der Waals surface area (Å²) < 4.78 is 5.14. The molecule has 18 heavy (non-hydrogen) atoms. The molecule has 4 nitrogen and oxygen atoms in total. The highest BCUT2D eigenvalue weighted by atomic mass is 16.5. The van der Waals surface area contributed by atoms with Crippen molar-refractivity contribution in [3.63, 3.8) is 0 Å². The van der Waals surface area contributed by atoms with Gasteiger partial charge in [-0.2, -0.15) is 0 Å². The van der Waals surface area contributed by atoms with Crippen LogP contribution in [0.1, 0.15) is 5.56 Å². The number of nitrogens with two attached hydrogens (primary N) is 1. The van der Waals surface area contributed by atoms with Crippen LogP contribution in [-0.4, -0.2) is 19.1 Å². The third-order valence-electron chi connectivity index (χ3n) is 2.82. The molecule has 0 aliphatic carbocycles. The first-order valence-corrected chi connectivity index (χ1v) is 5.74. The molecule has 0 fully saturated rings. The Bertz CT molecular complexity index is 514. The molecule has 0 saturated carbocycles. The highest BCUT2D eigenvalue weighted by Gasteiger charge is 2.07. The third kappa shape index (κ3) is 2.71. The van der Waals surface area contributed by atoms with Gasteiger partial charge in [0.2, 0.25) is 0 Å². The summed E-state index contributed by atoms with van der Waals surface area (Å²) in [5.41, 5.74) is 8.92. The van der Waals surface area contributed by atoms with E-state index in [-0.39, 0.29) is 0 Å². The van der Waals surface area contributed by atoms with E-state index in [1.165, 1.54) is 5.56 Å². The monoisotopic (exact) mass is 243 g/mol. The summed E-state index contributed by atoms with van der Waals surface area (Å²) in [6, 6.07) is 9.70. The normalized spacial score (nSPS) is 10.1. The van der Waals surface area contributed by atoms with E-state index in [1.807, 2.05) is 37.4 Å². The molecule has 2 aromatic rings. The Morgan fingerprint density at radius 1 is 1.22 bits per heavy atom. The maximum Gasteiger partial charge on any atom is 0.121 e. The van der Waals surface area contributed by atoms with Crippen LogP contribution in [0, 0.1) is 0 Å². The lowest BCUT2D eigenvalue weighted by atomic mass is 10.2. The van der Waals surface area contributed by atoms with Crippen molar-refractivity contribution in [2.75, 3.05) is 24.8 Å². The zero-order valence-electron chi connectivity index (χ0n) is 10.6. The topological polar surface area (TPSA) is 51.4 Å². The molecule has 1 aromatic heterocycles. The summed E-state index contributed by atoms with van der Waals surface area (Å²) in [5, 5.41) is 0. The highest BCUT2D eigenvalue weighted by molar-refractivity contribution is 5.69. The van der Waals surface area contributed by atoms with Crippen LogP contribution in [0.3, 0.4) is 0 Å². The molecule has 0 spiro atoms. The lowest BCUT2D eigenvalue weighted by Gasteiger charge is -2.21. The highest BCUT2D eigenvalue weighted by Crippen LogP contribution is 2.27. The maximum atomic E-state index is 6.02. The smallest absolute Gasteiger partial charge is 0.121 e. The molecular formula is C14H17N3O. The number of anilines is 2. The van der Waals surface area contributed by atoms with Crippen molar-refractivity contribution in [2.45, 2.75) is 6.54 Å². The van der Waals surface area contributed by atoms with Crippen LogP contribution < -0.4 is 15.4 Å². The zero-order chi connectivity index (χ0) is 13.0. The van der Waals surface area contributed by atoms with Gasteiger partial charge in [-0.3, -0.25) is 4.98 Å². The molecule has 94 valence electrons. The molecule has 1 aromatic carbocycles. The van der Waals surface area contributed by atoms with E-state index < -0.39 is 0 Å². The largest absolute Gasteiger partial charge is 0.497 e. The van der Waals surface area contributed by atoms with Crippen molar-refractivity contribution in [3.8, 4) is 5.75 Å². The van der Waals surface area contributed by atoms with Gasteiger partial charge in [0.25, 0.3) is 0 Å². The van der Waals surface area contributed by atoms with Crippen LogP contribution in [0.2, 0.25) is 0 Å². The number of aromatic nitrogens is 1. The van der Waals surface area contributed by atoms with Gasteiger partial charge in [0.1, 0.15) is 5.75 Å². The number of ether oxygens (including phenoxy) is 1. The van der Waals surface area contributed by atoms with Crippen molar-refractivity contribution >= 4 is 11.4 Å². The summed E-state index contributed by atoms with van der Waals surface area (Å²) in [6.07, 6.45) is 3.58. The predicted molar refractivity (Wildman–Crippen MR) is 73.8 cm³/mol. The summed E-state index contributed by atoms with van der Waals surface area (Å²) >= 11 is 0. The van der Waals surface area contributed by atoms with Crippen LogP contribution in [0.4, 0.5) is 11.4 Å². The third-order valence-corrected chi connectivity index (χ3v) is 2.82. The van der Waals surface area contributed by atoms with Gasteiger partial charge in [0, 0.05) is 32.1 Å². The number of benzene rings is 1. The molecule has 4 heteroatoms. The molecule has 0 aliphatic rings. The number of rotatable bonds is 4. The molecule has 2 rings (SSSR count). The molecule has 0 aliphatic heterocycles. The predicted octanol–water partition coefficient (Wildman–Crippen LogP) is 2.31. The zero-order valence-corrected chi connectivity index (χ0v) is 10.6. The van der Waals surface area contributed by atoms with E-state index in [4.69, 9.17) is 10.5 Å². The quantitative estimate of drug-likeness (QED) is 0.837. The van der Waals surface area contributed by atoms with Gasteiger partial charge in [-0.15, -0.1) is 0 Å². The number of nitrogens with zero attached hydrogens (tertiary/aromatic N) is 2. The van der Waals surface area contributed by atoms with Crippen LogP contribution >= 0.6 is 0 Å². The van der Waals surface area contributed by atoms with Crippen LogP contribution in [0.15, 0.2) is 42.7 Å². The average Bonchev–Trinajstić information content (AvgIpc) is 2.39. The fraction of sp³-hybridized carbons (Fsp3) is 0.214. The molecule has 0 saturated heterocycles. The first-order valence-electron chi connectivity index (χ1n) is 5.74. The maximum absolute atomic E-state index is 6.02. The summed E-state index contributed by atoms with van der Waals surface area (Å²) in [6.45, 7) is 0.791. The number of methoxy groups -OCH3 is 1. The molecule has 0 atom stereocenters. The van der Waals surface area contributed by atoms with Crippen molar-refractivity contribution in [1.29, 1.82) is 0 Å². The van der Waals surface area contributed by atoms with Gasteiger partial charge in [0.15, 0.2) is 0 Å². The van der Waals surface area contributed by atoms with E-state index in [1.54, 1.807) is 19.5 Å². The van der Waals surface area contributed by atoms with Gasteiger partial charge in [-0.05, 0) is 29.8 Å². The van der Waals surface area contributed by atoms with E-state index in [2.05, 4.69) is 9.88 Å². The molecular weight excluding hydrogens is 226 g/mol. The van der Waals surface area contributed by atoms with Crippen molar-refractivity contribution in [1.82, 2.24) is 4.98 Å². The molecule has 0 unspecified atom stereocenters. The first-order chi connectivity index (χ1) is 8.70. The second kappa shape index (κ2) is 5.40. The van der Waals surface area contributed by atoms with Crippen molar-refractivity contribution < 1.29 is 4.74 Å². The Morgan fingerprint density at radius 3 is 2.56 bits per heavy atom. The number of nitrogen functional groups attached to an aromatic ring is 1. The summed E-state index contributed by atoms with van der Waals surface area (Å²) in [5.74, 6) is 0.772. The van der Waals surface area contributed by atoms with Crippen LogP contribution in [-0.2, 0) is 6.54 Å². The van der Waals surface area contributed by atoms with Crippen molar-refractivity contribution in [2.24, 2.45) is 0 Å². The minimum atomic E-state index is 0.714. The summed E-state index contributed by atoms with van der Waals surface area (Å²) in [7, 11) is 3.65. The second-order valence-corrected chi connectivity index (χ2v) is 4.14. The minimum Gasteiger partial charge on any atom is -0.497 e. The van der Waals surface area contributed by atoms with Crippen molar-refractivity contribution in [3.05, 3.63) is 48.3 Å². The Kier molecular flexibility index (Phi) is 3.67. The molecule has 0 amide bonds. The van der Waals surface area contributed by atoms with Gasteiger partial charge >= 0.3 is 0 Å². The fourth-order valence-electron chi connectivity index (χ4n) is 1.85. The first kappa shape index (κ1) is 12.2. The minimum absolute atomic E-state index is 0.714. The summed E-state index contributed by atoms with van der Waals surface area (Å²) in [4.78, 5) is 6.11. The Labute approximate surface area is 107 Å². The average molecular weight is 243 g/mol. The molecule has 1 heterocycles.